The molecular weight excluding hydrogens is 308 g/mol. The molecule has 8 heteroatoms. The molecule has 1 heterocycles. The lowest BCUT2D eigenvalue weighted by Crippen LogP contribution is -2.25. The Balaban J connectivity index is 1.72. The van der Waals surface area contributed by atoms with Crippen LogP contribution < -0.4 is 9.62 Å². The zero-order chi connectivity index (χ0) is 15.9. The number of carbonyl (C=O) groups excluding carboxylic acids is 1. The number of carboxylic acid groups (broad SMARTS) is 1. The normalized spacial score (nSPS) is 25.7. The second-order valence-corrected chi connectivity index (χ2v) is 7.58. The van der Waals surface area contributed by atoms with Gasteiger partial charge in [-0.3, -0.25) is 13.9 Å². The molecule has 0 spiro atoms. The first-order valence-electron chi connectivity index (χ1n) is 7.02. The van der Waals surface area contributed by atoms with Gasteiger partial charge in [-0.15, -0.1) is 0 Å². The van der Waals surface area contributed by atoms with E-state index in [2.05, 4.69) is 5.32 Å². The van der Waals surface area contributed by atoms with Gasteiger partial charge in [0, 0.05) is 12.2 Å². The van der Waals surface area contributed by atoms with Crippen molar-refractivity contribution in [2.24, 2.45) is 11.8 Å². The van der Waals surface area contributed by atoms with Gasteiger partial charge in [-0.05, 0) is 31.0 Å². The molecular formula is C14H16N2O5S. The van der Waals surface area contributed by atoms with Gasteiger partial charge in [0.25, 0.3) is 0 Å². The van der Waals surface area contributed by atoms with Crippen LogP contribution in [0.5, 0.6) is 0 Å². The minimum absolute atomic E-state index is 0.131. The number of aliphatic carboxylic acids is 1. The summed E-state index contributed by atoms with van der Waals surface area (Å²) >= 11 is 0. The molecule has 2 N–H and O–H groups in total. The van der Waals surface area contributed by atoms with E-state index in [1.54, 1.807) is 24.3 Å². The van der Waals surface area contributed by atoms with Crippen LogP contribution in [-0.4, -0.2) is 37.7 Å². The van der Waals surface area contributed by atoms with Gasteiger partial charge in [0.15, 0.2) is 0 Å². The molecule has 1 aliphatic carbocycles. The van der Waals surface area contributed by atoms with Crippen LogP contribution in [0.1, 0.15) is 12.8 Å². The Morgan fingerprint density at radius 2 is 2.05 bits per heavy atom. The second-order valence-electron chi connectivity index (χ2n) is 5.57. The van der Waals surface area contributed by atoms with E-state index in [1.807, 2.05) is 0 Å². The topological polar surface area (TPSA) is 104 Å². The molecule has 0 radical (unpaired) electrons. The molecule has 7 nitrogen and oxygen atoms in total. The minimum atomic E-state index is -3.27. The number of rotatable bonds is 4. The standard InChI is InChI=1S/C14H16N2O5S/c17-13(11-8-12(11)14(18)19)15-9-3-1-4-10(7-9)16-5-2-6-22(16,20)21/h1,3-4,7,11-12H,2,5-6,8H2,(H,15,17)(H,18,19). The zero-order valence-corrected chi connectivity index (χ0v) is 12.5. The predicted molar refractivity (Wildman–Crippen MR) is 80.1 cm³/mol. The van der Waals surface area contributed by atoms with E-state index in [0.29, 0.717) is 30.8 Å². The smallest absolute Gasteiger partial charge is 0.307 e. The number of sulfonamides is 1. The lowest BCUT2D eigenvalue weighted by Gasteiger charge is -2.17. The third kappa shape index (κ3) is 2.78. The van der Waals surface area contributed by atoms with Crippen molar-refractivity contribution in [1.82, 2.24) is 0 Å². The van der Waals surface area contributed by atoms with Crippen LogP contribution in [0, 0.1) is 11.8 Å². The summed E-state index contributed by atoms with van der Waals surface area (Å²) in [6.45, 7) is 0.434. The van der Waals surface area contributed by atoms with Crippen LogP contribution in [0.3, 0.4) is 0 Å². The largest absolute Gasteiger partial charge is 0.481 e. The van der Waals surface area contributed by atoms with Gasteiger partial charge in [-0.2, -0.15) is 0 Å². The summed E-state index contributed by atoms with van der Waals surface area (Å²) in [5, 5.41) is 11.5. The molecule has 0 aromatic heterocycles. The molecule has 1 aromatic rings. The van der Waals surface area contributed by atoms with E-state index in [0.717, 1.165) is 0 Å². The molecule has 118 valence electrons. The number of anilines is 2. The van der Waals surface area contributed by atoms with Gasteiger partial charge in [-0.25, -0.2) is 8.42 Å². The number of hydrogen-bond acceptors (Lipinski definition) is 4. The van der Waals surface area contributed by atoms with Crippen LogP contribution >= 0.6 is 0 Å². The van der Waals surface area contributed by atoms with Crippen LogP contribution in [-0.2, 0) is 19.6 Å². The summed E-state index contributed by atoms with van der Waals surface area (Å²) < 4.78 is 25.1. The fraction of sp³-hybridized carbons (Fsp3) is 0.429. The van der Waals surface area contributed by atoms with Crippen molar-refractivity contribution in [2.75, 3.05) is 21.9 Å². The summed E-state index contributed by atoms with van der Waals surface area (Å²) in [6.07, 6.45) is 0.933. The monoisotopic (exact) mass is 324 g/mol. The number of benzene rings is 1. The molecule has 22 heavy (non-hydrogen) atoms. The average Bonchev–Trinajstić information content (AvgIpc) is 3.17. The quantitative estimate of drug-likeness (QED) is 0.856. The van der Waals surface area contributed by atoms with Crippen molar-refractivity contribution in [3.05, 3.63) is 24.3 Å². The molecule has 2 fully saturated rings. The number of carboxylic acids is 1. The summed E-state index contributed by atoms with van der Waals surface area (Å²) in [7, 11) is -3.27. The highest BCUT2D eigenvalue weighted by Crippen LogP contribution is 2.39. The van der Waals surface area contributed by atoms with E-state index in [9.17, 15) is 18.0 Å². The number of hydrogen-bond donors (Lipinski definition) is 2. The maximum absolute atomic E-state index is 11.9. The number of nitrogens with one attached hydrogen (secondary N) is 1. The fourth-order valence-electron chi connectivity index (χ4n) is 2.66. The highest BCUT2D eigenvalue weighted by Gasteiger charge is 2.48. The Bertz CT molecular complexity index is 731. The number of amides is 1. The maximum Gasteiger partial charge on any atom is 0.307 e. The van der Waals surface area contributed by atoms with E-state index in [-0.39, 0.29) is 11.7 Å². The number of carbonyl (C=O) groups is 2. The molecule has 2 aliphatic rings. The molecule has 3 rings (SSSR count). The summed E-state index contributed by atoms with van der Waals surface area (Å²) in [5.74, 6) is -2.28. The lowest BCUT2D eigenvalue weighted by atomic mass is 10.2. The van der Waals surface area contributed by atoms with Crippen molar-refractivity contribution in [3.63, 3.8) is 0 Å². The first-order valence-corrected chi connectivity index (χ1v) is 8.63. The van der Waals surface area contributed by atoms with Gasteiger partial charge in [0.05, 0.1) is 23.3 Å². The molecule has 1 saturated heterocycles. The van der Waals surface area contributed by atoms with Crippen molar-refractivity contribution in [2.45, 2.75) is 12.8 Å². The van der Waals surface area contributed by atoms with Gasteiger partial charge in [0.1, 0.15) is 0 Å². The van der Waals surface area contributed by atoms with Gasteiger partial charge < -0.3 is 10.4 Å². The lowest BCUT2D eigenvalue weighted by molar-refractivity contribution is -0.139. The van der Waals surface area contributed by atoms with E-state index < -0.39 is 27.8 Å². The molecule has 1 saturated carbocycles. The molecule has 1 aromatic carbocycles. The second kappa shape index (κ2) is 5.28. The Kier molecular flexibility index (Phi) is 3.56. The Labute approximate surface area is 128 Å². The third-order valence-electron chi connectivity index (χ3n) is 3.95. The summed E-state index contributed by atoms with van der Waals surface area (Å²) in [4.78, 5) is 22.7. The first kappa shape index (κ1) is 14.8. The first-order chi connectivity index (χ1) is 10.4. The Morgan fingerprint density at radius 1 is 1.27 bits per heavy atom. The molecule has 2 unspecified atom stereocenters. The van der Waals surface area contributed by atoms with Gasteiger partial charge in [-0.1, -0.05) is 6.07 Å². The average molecular weight is 324 g/mol. The fourth-order valence-corrected chi connectivity index (χ4v) is 4.22. The Hall–Kier alpha value is -2.09. The number of nitrogens with zero attached hydrogens (tertiary/aromatic N) is 1. The molecule has 1 aliphatic heterocycles. The van der Waals surface area contributed by atoms with E-state index in [1.165, 1.54) is 4.31 Å². The van der Waals surface area contributed by atoms with Crippen LogP contribution in [0.4, 0.5) is 11.4 Å². The SMILES string of the molecule is O=C(O)C1CC1C(=O)Nc1cccc(N2CCCS2(=O)=O)c1. The molecule has 0 bridgehead atoms. The summed E-state index contributed by atoms with van der Waals surface area (Å²) in [5.41, 5.74) is 0.988. The zero-order valence-electron chi connectivity index (χ0n) is 11.7. The van der Waals surface area contributed by atoms with E-state index in [4.69, 9.17) is 5.11 Å². The maximum atomic E-state index is 11.9. The van der Waals surface area contributed by atoms with Crippen molar-refractivity contribution in [1.29, 1.82) is 0 Å². The molecule has 1 amide bonds. The van der Waals surface area contributed by atoms with E-state index >= 15 is 0 Å². The van der Waals surface area contributed by atoms with Crippen molar-refractivity contribution < 1.29 is 23.1 Å². The van der Waals surface area contributed by atoms with Crippen molar-refractivity contribution in [3.8, 4) is 0 Å². The molecule has 2 atom stereocenters. The highest BCUT2D eigenvalue weighted by molar-refractivity contribution is 7.93. The predicted octanol–water partition coefficient (Wildman–Crippen LogP) is 0.886. The Morgan fingerprint density at radius 3 is 2.64 bits per heavy atom. The van der Waals surface area contributed by atoms with Crippen LogP contribution in [0.25, 0.3) is 0 Å². The summed E-state index contributed by atoms with van der Waals surface area (Å²) in [6, 6.07) is 6.59. The van der Waals surface area contributed by atoms with Gasteiger partial charge in [0.2, 0.25) is 15.9 Å². The highest BCUT2D eigenvalue weighted by atomic mass is 32.2. The van der Waals surface area contributed by atoms with Gasteiger partial charge >= 0.3 is 5.97 Å². The van der Waals surface area contributed by atoms with Crippen molar-refractivity contribution >= 4 is 33.3 Å². The van der Waals surface area contributed by atoms with Crippen LogP contribution in [0.15, 0.2) is 24.3 Å². The van der Waals surface area contributed by atoms with Crippen LogP contribution in [0.2, 0.25) is 0 Å². The minimum Gasteiger partial charge on any atom is -0.481 e. The third-order valence-corrected chi connectivity index (χ3v) is 5.81.